The summed E-state index contributed by atoms with van der Waals surface area (Å²) in [5.74, 6) is 0.838. The van der Waals surface area contributed by atoms with Crippen molar-refractivity contribution >= 4 is 17.4 Å². The Morgan fingerprint density at radius 2 is 1.80 bits per heavy atom. The topological polar surface area (TPSA) is 89.0 Å². The lowest BCUT2D eigenvalue weighted by atomic mass is 9.92. The number of carbonyl (C=O) groups is 1. The summed E-state index contributed by atoms with van der Waals surface area (Å²) in [6.07, 6.45) is 10.3. The van der Waals surface area contributed by atoms with Crippen molar-refractivity contribution in [3.63, 3.8) is 0 Å². The minimum Gasteiger partial charge on any atom is -0.338 e. The van der Waals surface area contributed by atoms with Gasteiger partial charge in [-0.05, 0) is 86.9 Å². The largest absolute Gasteiger partial charge is 0.338 e. The Hall–Kier alpha value is -4.06. The first-order valence-corrected chi connectivity index (χ1v) is 16.7. The van der Waals surface area contributed by atoms with E-state index in [1.165, 1.54) is 17.0 Å². The molecule has 12 heteroatoms. The van der Waals surface area contributed by atoms with Crippen LogP contribution in [0, 0.1) is 0 Å². The number of nitrogens with zero attached hydrogens (tertiary/aromatic N) is 8. The molecule has 8 rings (SSSR count). The van der Waals surface area contributed by atoms with Crippen molar-refractivity contribution in [2.45, 2.75) is 83.3 Å². The van der Waals surface area contributed by atoms with E-state index in [4.69, 9.17) is 10.2 Å². The molecule has 1 unspecified atom stereocenters. The summed E-state index contributed by atoms with van der Waals surface area (Å²) >= 11 is 0. The van der Waals surface area contributed by atoms with E-state index in [0.29, 0.717) is 36.8 Å². The van der Waals surface area contributed by atoms with Crippen LogP contribution in [0.5, 0.6) is 0 Å². The van der Waals surface area contributed by atoms with Gasteiger partial charge in [-0.1, -0.05) is 0 Å². The SMILES string of the molecule is CC(=O)N1CCc2c(c(N3CCCc4cc(-c5cnn(C)c5)c(C(F)F)cc43)nn2C2CCc3c(cnn3C3CCNCC3)C2)C1. The van der Waals surface area contributed by atoms with E-state index in [1.807, 2.05) is 11.0 Å². The van der Waals surface area contributed by atoms with Gasteiger partial charge < -0.3 is 15.1 Å². The quantitative estimate of drug-likeness (QED) is 0.332. The van der Waals surface area contributed by atoms with Gasteiger partial charge in [-0.15, -0.1) is 0 Å². The number of halogens is 2. The molecule has 0 saturated carbocycles. The normalized spacial score (nSPS) is 20.2. The molecular weight excluding hydrogens is 588 g/mol. The second-order valence-electron chi connectivity index (χ2n) is 13.3. The summed E-state index contributed by atoms with van der Waals surface area (Å²) in [5, 5.41) is 17.9. The fourth-order valence-corrected chi connectivity index (χ4v) is 8.18. The number of fused-ring (bicyclic) bond motifs is 3. The third-order valence-corrected chi connectivity index (χ3v) is 10.5. The molecule has 4 aliphatic rings. The minimum atomic E-state index is -2.63. The summed E-state index contributed by atoms with van der Waals surface area (Å²) in [5.41, 5.74) is 7.91. The summed E-state index contributed by atoms with van der Waals surface area (Å²) in [7, 11) is 1.79. The highest BCUT2D eigenvalue weighted by Gasteiger charge is 2.35. The second-order valence-corrected chi connectivity index (χ2v) is 13.3. The Balaban J connectivity index is 1.18. The van der Waals surface area contributed by atoms with Crippen LogP contribution in [0.15, 0.2) is 30.7 Å². The van der Waals surface area contributed by atoms with E-state index in [1.54, 1.807) is 37.1 Å². The van der Waals surface area contributed by atoms with Gasteiger partial charge in [0.15, 0.2) is 5.82 Å². The smallest absolute Gasteiger partial charge is 0.264 e. The molecule has 242 valence electrons. The number of aryl methyl sites for hydroxylation is 2. The van der Waals surface area contributed by atoms with Gasteiger partial charge in [-0.25, -0.2) is 8.78 Å². The lowest BCUT2D eigenvalue weighted by molar-refractivity contribution is -0.129. The average Bonchev–Trinajstić information content (AvgIpc) is 3.80. The monoisotopic (exact) mass is 629 g/mol. The molecule has 1 amide bonds. The summed E-state index contributed by atoms with van der Waals surface area (Å²) < 4.78 is 35.4. The molecule has 1 saturated heterocycles. The molecule has 0 bridgehead atoms. The number of piperidine rings is 1. The molecule has 4 aromatic rings. The number of anilines is 2. The summed E-state index contributed by atoms with van der Waals surface area (Å²) in [6.45, 7) is 5.49. The van der Waals surface area contributed by atoms with Crippen LogP contribution in [0.3, 0.4) is 0 Å². The Morgan fingerprint density at radius 3 is 2.57 bits per heavy atom. The fraction of sp³-hybridized carbons (Fsp3) is 0.529. The van der Waals surface area contributed by atoms with Gasteiger partial charge in [0, 0.05) is 73.4 Å². The molecule has 1 aliphatic carbocycles. The molecule has 1 atom stereocenters. The van der Waals surface area contributed by atoms with Gasteiger partial charge >= 0.3 is 0 Å². The number of benzene rings is 1. The van der Waals surface area contributed by atoms with E-state index in [9.17, 15) is 13.6 Å². The van der Waals surface area contributed by atoms with Crippen molar-refractivity contribution in [2.24, 2.45) is 7.05 Å². The predicted octanol–water partition coefficient (Wildman–Crippen LogP) is 5.06. The number of amides is 1. The van der Waals surface area contributed by atoms with Crippen molar-refractivity contribution in [2.75, 3.05) is 31.1 Å². The first-order valence-electron chi connectivity index (χ1n) is 16.7. The number of hydrogen-bond acceptors (Lipinski definition) is 6. The fourth-order valence-electron chi connectivity index (χ4n) is 8.18. The van der Waals surface area contributed by atoms with Gasteiger partial charge in [0.2, 0.25) is 5.91 Å². The molecule has 3 aliphatic heterocycles. The third-order valence-electron chi connectivity index (χ3n) is 10.5. The first kappa shape index (κ1) is 29.3. The number of aromatic nitrogens is 6. The van der Waals surface area contributed by atoms with Gasteiger partial charge in [0.05, 0.1) is 31.0 Å². The molecule has 10 nitrogen and oxygen atoms in total. The van der Waals surface area contributed by atoms with Crippen LogP contribution in [0.2, 0.25) is 0 Å². The standard InChI is InChI=1S/C34H41F2N9O/c1-21(46)42-13-9-31-29(20-42)34(40-45(31)26-5-6-30-23(14-26)17-39-44(30)25-7-10-37-11-8-25)43-12-3-4-22-15-27(24-18-38-41(2)19-24)28(33(35)36)16-32(22)43/h15-19,25-26,33,37H,3-14,20H2,1-2H3. The van der Waals surface area contributed by atoms with Crippen LogP contribution in [-0.4, -0.2) is 66.3 Å². The summed E-state index contributed by atoms with van der Waals surface area (Å²) in [4.78, 5) is 16.6. The lowest BCUT2D eigenvalue weighted by Crippen LogP contribution is -2.36. The number of carbonyl (C=O) groups excluding carboxylic acids is 1. The Morgan fingerprint density at radius 1 is 0.957 bits per heavy atom. The highest BCUT2D eigenvalue weighted by molar-refractivity contribution is 5.78. The Bertz CT molecular complexity index is 1780. The van der Waals surface area contributed by atoms with E-state index in [2.05, 4.69) is 30.9 Å². The van der Waals surface area contributed by atoms with Gasteiger partial charge in [-0.2, -0.15) is 15.3 Å². The van der Waals surface area contributed by atoms with Gasteiger partial charge in [0.25, 0.3) is 6.43 Å². The number of rotatable bonds is 5. The molecule has 1 aromatic carbocycles. The zero-order valence-electron chi connectivity index (χ0n) is 26.6. The molecular formula is C34H41F2N9O. The molecule has 1 N–H and O–H groups in total. The Kier molecular flexibility index (Phi) is 7.42. The Labute approximate surface area is 267 Å². The molecule has 1 fully saturated rings. The van der Waals surface area contributed by atoms with Crippen LogP contribution >= 0.6 is 0 Å². The van der Waals surface area contributed by atoms with Crippen molar-refractivity contribution in [1.29, 1.82) is 0 Å². The highest BCUT2D eigenvalue weighted by atomic mass is 19.3. The minimum absolute atomic E-state index is 0.00267. The molecule has 0 spiro atoms. The van der Waals surface area contributed by atoms with E-state index in [-0.39, 0.29) is 17.5 Å². The average molecular weight is 630 g/mol. The van der Waals surface area contributed by atoms with E-state index >= 15 is 0 Å². The van der Waals surface area contributed by atoms with E-state index in [0.717, 1.165) is 87.1 Å². The van der Waals surface area contributed by atoms with Crippen LogP contribution in [0.1, 0.15) is 84.8 Å². The van der Waals surface area contributed by atoms with Crippen LogP contribution < -0.4 is 10.2 Å². The lowest BCUT2D eigenvalue weighted by Gasteiger charge is -2.33. The molecule has 3 aromatic heterocycles. The molecule has 0 radical (unpaired) electrons. The van der Waals surface area contributed by atoms with Crippen molar-refractivity contribution in [1.82, 2.24) is 39.6 Å². The first-order chi connectivity index (χ1) is 22.4. The number of nitrogens with one attached hydrogen (secondary N) is 1. The highest BCUT2D eigenvalue weighted by Crippen LogP contribution is 2.44. The van der Waals surface area contributed by atoms with Crippen molar-refractivity contribution < 1.29 is 13.6 Å². The van der Waals surface area contributed by atoms with Gasteiger partial charge in [0.1, 0.15) is 0 Å². The number of alkyl halides is 2. The summed E-state index contributed by atoms with van der Waals surface area (Å²) in [6, 6.07) is 4.23. The van der Waals surface area contributed by atoms with Gasteiger partial charge in [-0.3, -0.25) is 18.8 Å². The maximum atomic E-state index is 14.6. The third kappa shape index (κ3) is 5.01. The maximum absolute atomic E-state index is 14.6. The van der Waals surface area contributed by atoms with Crippen LogP contribution in [0.4, 0.5) is 20.3 Å². The predicted molar refractivity (Wildman–Crippen MR) is 170 cm³/mol. The zero-order chi connectivity index (χ0) is 31.5. The van der Waals surface area contributed by atoms with Crippen LogP contribution in [-0.2, 0) is 44.1 Å². The van der Waals surface area contributed by atoms with Crippen molar-refractivity contribution in [3.05, 3.63) is 64.4 Å². The zero-order valence-corrected chi connectivity index (χ0v) is 26.6. The van der Waals surface area contributed by atoms with Crippen molar-refractivity contribution in [3.8, 4) is 11.1 Å². The molecule has 6 heterocycles. The maximum Gasteiger partial charge on any atom is 0.264 e. The molecule has 46 heavy (non-hydrogen) atoms. The number of hydrogen-bond donors (Lipinski definition) is 1. The second kappa shape index (κ2) is 11.6. The van der Waals surface area contributed by atoms with Crippen LogP contribution in [0.25, 0.3) is 11.1 Å². The van der Waals surface area contributed by atoms with E-state index < -0.39 is 6.43 Å².